The number of aliphatic hydroxyl groups excluding tert-OH is 1. The first-order valence-electron chi connectivity index (χ1n) is 4.82. The van der Waals surface area contributed by atoms with E-state index in [1.54, 1.807) is 12.1 Å². The van der Waals surface area contributed by atoms with Crippen LogP contribution >= 0.6 is 0 Å². The van der Waals surface area contributed by atoms with Crippen molar-refractivity contribution in [3.8, 4) is 0 Å². The smallest absolute Gasteiger partial charge is 0.217 e. The Hall–Kier alpha value is -1.42. The molecule has 0 fully saturated rings. The van der Waals surface area contributed by atoms with E-state index >= 15 is 0 Å². The Bertz CT molecular complexity index is 406. The Morgan fingerprint density at radius 2 is 2.33 bits per heavy atom. The number of fused-ring (bicyclic) bond motifs is 1. The third-order valence-corrected chi connectivity index (χ3v) is 2.67. The third-order valence-electron chi connectivity index (χ3n) is 2.67. The maximum atomic E-state index is 13.4. The Kier molecular flexibility index (Phi) is 2.44. The molecule has 2 N–H and O–H groups in total. The van der Waals surface area contributed by atoms with Gasteiger partial charge in [-0.05, 0) is 23.6 Å². The molecule has 0 saturated heterocycles. The lowest BCUT2D eigenvalue weighted by Crippen LogP contribution is -2.36. The third kappa shape index (κ3) is 1.72. The van der Waals surface area contributed by atoms with Gasteiger partial charge in [-0.3, -0.25) is 4.79 Å². The van der Waals surface area contributed by atoms with Gasteiger partial charge in [0.25, 0.3) is 0 Å². The van der Waals surface area contributed by atoms with Gasteiger partial charge in [0.15, 0.2) is 0 Å². The van der Waals surface area contributed by atoms with E-state index in [-0.39, 0.29) is 11.7 Å². The van der Waals surface area contributed by atoms with E-state index in [9.17, 15) is 14.3 Å². The molecule has 0 bridgehead atoms. The number of rotatable bonds is 1. The van der Waals surface area contributed by atoms with Crippen LogP contribution in [0.4, 0.5) is 4.39 Å². The van der Waals surface area contributed by atoms with Gasteiger partial charge in [0, 0.05) is 6.92 Å². The van der Waals surface area contributed by atoms with Crippen molar-refractivity contribution < 1.29 is 14.3 Å². The second-order valence-corrected chi connectivity index (χ2v) is 3.76. The van der Waals surface area contributed by atoms with Crippen LogP contribution in [-0.4, -0.2) is 17.1 Å². The summed E-state index contributed by atoms with van der Waals surface area (Å²) in [6, 6.07) is 4.20. The maximum absolute atomic E-state index is 13.4. The van der Waals surface area contributed by atoms with E-state index in [1.807, 2.05) is 0 Å². The van der Waals surface area contributed by atoms with Crippen LogP contribution in [0.15, 0.2) is 18.2 Å². The van der Waals surface area contributed by atoms with Gasteiger partial charge in [-0.15, -0.1) is 0 Å². The van der Waals surface area contributed by atoms with Gasteiger partial charge in [-0.25, -0.2) is 4.39 Å². The van der Waals surface area contributed by atoms with Crippen LogP contribution in [0.3, 0.4) is 0 Å². The zero-order chi connectivity index (χ0) is 11.0. The highest BCUT2D eigenvalue weighted by Crippen LogP contribution is 2.32. The Morgan fingerprint density at radius 3 is 2.93 bits per heavy atom. The number of carbonyl (C=O) groups excluding carboxylic acids is 1. The summed E-state index contributed by atoms with van der Waals surface area (Å²) >= 11 is 0. The molecule has 1 aromatic carbocycles. The first-order chi connectivity index (χ1) is 7.09. The number of hydrogen-bond acceptors (Lipinski definition) is 2. The zero-order valence-corrected chi connectivity index (χ0v) is 8.33. The molecule has 2 atom stereocenters. The largest absolute Gasteiger partial charge is 0.386 e. The number of amides is 1. The molecule has 1 amide bonds. The van der Waals surface area contributed by atoms with Gasteiger partial charge in [0.05, 0.1) is 12.1 Å². The second kappa shape index (κ2) is 3.62. The van der Waals surface area contributed by atoms with Crippen molar-refractivity contribution in [1.29, 1.82) is 0 Å². The molecule has 80 valence electrons. The summed E-state index contributed by atoms with van der Waals surface area (Å²) in [5.74, 6) is -0.535. The van der Waals surface area contributed by atoms with Crippen LogP contribution in [0.1, 0.15) is 24.2 Å². The van der Waals surface area contributed by atoms with Gasteiger partial charge in [-0.1, -0.05) is 12.1 Å². The summed E-state index contributed by atoms with van der Waals surface area (Å²) in [4.78, 5) is 10.9. The van der Waals surface area contributed by atoms with E-state index < -0.39 is 12.1 Å². The van der Waals surface area contributed by atoms with Crippen molar-refractivity contribution in [3.05, 3.63) is 35.1 Å². The van der Waals surface area contributed by atoms with E-state index in [0.717, 1.165) is 0 Å². The first kappa shape index (κ1) is 10.1. The first-order valence-corrected chi connectivity index (χ1v) is 4.82. The van der Waals surface area contributed by atoms with Crippen molar-refractivity contribution in [2.24, 2.45) is 0 Å². The molecule has 0 aliphatic heterocycles. The van der Waals surface area contributed by atoms with Crippen molar-refractivity contribution in [2.75, 3.05) is 0 Å². The fraction of sp³-hybridized carbons (Fsp3) is 0.364. The highest BCUT2D eigenvalue weighted by molar-refractivity contribution is 5.73. The molecule has 0 spiro atoms. The van der Waals surface area contributed by atoms with Crippen LogP contribution < -0.4 is 5.32 Å². The minimum absolute atomic E-state index is 0.215. The van der Waals surface area contributed by atoms with Gasteiger partial charge >= 0.3 is 0 Å². The minimum atomic E-state index is -0.806. The van der Waals surface area contributed by atoms with Crippen molar-refractivity contribution in [3.63, 3.8) is 0 Å². The van der Waals surface area contributed by atoms with E-state index in [0.29, 0.717) is 17.5 Å². The zero-order valence-electron chi connectivity index (χ0n) is 8.33. The number of halogens is 1. The lowest BCUT2D eigenvalue weighted by Gasteiger charge is -2.15. The normalized spacial score (nSPS) is 23.7. The van der Waals surface area contributed by atoms with Crippen LogP contribution in [0.5, 0.6) is 0 Å². The number of aliphatic hydroxyl groups is 1. The summed E-state index contributed by atoms with van der Waals surface area (Å²) in [7, 11) is 0. The topological polar surface area (TPSA) is 49.3 Å². The standard InChI is InChI=1S/C11H12FNO2/c1-6(14)13-10-5-8-7(11(10)15)3-2-4-9(8)12/h2-4,10-11,15H,5H2,1H3,(H,13,14)/t10-,11-/m1/s1. The van der Waals surface area contributed by atoms with Gasteiger partial charge < -0.3 is 10.4 Å². The van der Waals surface area contributed by atoms with E-state index in [4.69, 9.17) is 0 Å². The quantitative estimate of drug-likeness (QED) is 0.722. The lowest BCUT2D eigenvalue weighted by molar-refractivity contribution is -0.120. The van der Waals surface area contributed by atoms with Crippen molar-refractivity contribution in [1.82, 2.24) is 5.32 Å². The molecule has 3 nitrogen and oxygen atoms in total. The molecule has 1 aliphatic rings. The minimum Gasteiger partial charge on any atom is -0.386 e. The summed E-state index contributed by atoms with van der Waals surface area (Å²) in [6.45, 7) is 1.38. The molecule has 15 heavy (non-hydrogen) atoms. The predicted molar refractivity (Wildman–Crippen MR) is 52.7 cm³/mol. The summed E-state index contributed by atoms with van der Waals surface area (Å²) in [5.41, 5.74) is 1.08. The highest BCUT2D eigenvalue weighted by Gasteiger charge is 2.33. The summed E-state index contributed by atoms with van der Waals surface area (Å²) in [6.07, 6.45) is -0.456. The van der Waals surface area contributed by atoms with Crippen molar-refractivity contribution in [2.45, 2.75) is 25.5 Å². The van der Waals surface area contributed by atoms with Gasteiger partial charge in [0.1, 0.15) is 5.82 Å². The molecule has 0 saturated carbocycles. The number of carbonyl (C=O) groups is 1. The monoisotopic (exact) mass is 209 g/mol. The summed E-state index contributed by atoms with van der Waals surface area (Å²) < 4.78 is 13.4. The second-order valence-electron chi connectivity index (χ2n) is 3.76. The average molecular weight is 209 g/mol. The number of hydrogen-bond donors (Lipinski definition) is 2. The van der Waals surface area contributed by atoms with Gasteiger partial charge in [0.2, 0.25) is 5.91 Å². The molecule has 1 aliphatic carbocycles. The molecule has 0 unspecified atom stereocenters. The SMILES string of the molecule is CC(=O)N[C@@H]1Cc2c(F)cccc2[C@H]1O. The van der Waals surface area contributed by atoms with Crippen molar-refractivity contribution >= 4 is 5.91 Å². The average Bonchev–Trinajstić information content (AvgIpc) is 2.46. The molecule has 2 rings (SSSR count). The molecule has 4 heteroatoms. The molecule has 1 aromatic rings. The van der Waals surface area contributed by atoms with E-state index in [2.05, 4.69) is 5.32 Å². The molecular weight excluding hydrogens is 197 g/mol. The maximum Gasteiger partial charge on any atom is 0.217 e. The van der Waals surface area contributed by atoms with Crippen LogP contribution in [0, 0.1) is 5.82 Å². The van der Waals surface area contributed by atoms with E-state index in [1.165, 1.54) is 13.0 Å². The fourth-order valence-corrected chi connectivity index (χ4v) is 2.01. The van der Waals surface area contributed by atoms with Gasteiger partial charge in [-0.2, -0.15) is 0 Å². The Morgan fingerprint density at radius 1 is 1.60 bits per heavy atom. The Balaban J connectivity index is 2.29. The number of nitrogens with one attached hydrogen (secondary N) is 1. The molecule has 0 heterocycles. The Labute approximate surface area is 86.9 Å². The fourth-order valence-electron chi connectivity index (χ4n) is 2.01. The molecule has 0 aromatic heterocycles. The highest BCUT2D eigenvalue weighted by atomic mass is 19.1. The molecule has 0 radical (unpaired) electrons. The van der Waals surface area contributed by atoms with Crippen LogP contribution in [0.25, 0.3) is 0 Å². The van der Waals surface area contributed by atoms with Crippen LogP contribution in [0.2, 0.25) is 0 Å². The lowest BCUT2D eigenvalue weighted by atomic mass is 10.1. The predicted octanol–water partition coefficient (Wildman–Crippen LogP) is 0.920. The molecular formula is C11H12FNO2. The van der Waals surface area contributed by atoms with Crippen LogP contribution in [-0.2, 0) is 11.2 Å². The summed E-state index contributed by atoms with van der Waals surface area (Å²) in [5, 5.41) is 12.4. The number of benzene rings is 1.